The lowest BCUT2D eigenvalue weighted by molar-refractivity contribution is -0.121. The molecule has 0 radical (unpaired) electrons. The van der Waals surface area contributed by atoms with Crippen LogP contribution in [0.2, 0.25) is 5.02 Å². The van der Waals surface area contributed by atoms with E-state index < -0.39 is 0 Å². The van der Waals surface area contributed by atoms with E-state index in [1.54, 1.807) is 12.1 Å². The molecule has 5 heteroatoms. The smallest absolute Gasteiger partial charge is 0.249 e. The zero-order valence-electron chi connectivity index (χ0n) is 11.8. The fourth-order valence-corrected chi connectivity index (χ4v) is 3.19. The first kappa shape index (κ1) is 13.3. The van der Waals surface area contributed by atoms with E-state index in [1.165, 1.54) is 11.1 Å². The largest absolute Gasteiger partial charge is 0.326 e. The first-order valence-corrected chi connectivity index (χ1v) is 7.57. The Hall–Kier alpha value is -2.33. The second-order valence-corrected chi connectivity index (χ2v) is 5.96. The highest BCUT2D eigenvalue weighted by Gasteiger charge is 2.39. The van der Waals surface area contributed by atoms with Gasteiger partial charge in [0.15, 0.2) is 0 Å². The molecule has 0 unspecified atom stereocenters. The molecule has 4 nitrogen and oxygen atoms in total. The van der Waals surface area contributed by atoms with Crippen LogP contribution in [0, 0.1) is 0 Å². The van der Waals surface area contributed by atoms with Crippen LogP contribution in [0.4, 0.5) is 5.69 Å². The fraction of sp³-hybridized carbons (Fsp3) is 0.176. The minimum Gasteiger partial charge on any atom is -0.326 e. The van der Waals surface area contributed by atoms with Crippen LogP contribution in [0.5, 0.6) is 0 Å². The molecule has 4 rings (SSSR count). The number of nitrogens with zero attached hydrogens (tertiary/aromatic N) is 2. The zero-order chi connectivity index (χ0) is 15.1. The van der Waals surface area contributed by atoms with Crippen molar-refractivity contribution in [1.82, 2.24) is 10.2 Å². The van der Waals surface area contributed by atoms with Crippen molar-refractivity contribution < 1.29 is 4.79 Å². The summed E-state index contributed by atoms with van der Waals surface area (Å²) in [6.07, 6.45) is 0.719. The Morgan fingerprint density at radius 1 is 1.14 bits per heavy atom. The highest BCUT2D eigenvalue weighted by molar-refractivity contribution is 6.30. The van der Waals surface area contributed by atoms with Crippen molar-refractivity contribution in [2.75, 3.05) is 0 Å². The van der Waals surface area contributed by atoms with Gasteiger partial charge in [-0.2, -0.15) is 0 Å². The Balaban J connectivity index is 1.70. The van der Waals surface area contributed by atoms with Crippen LogP contribution in [0.15, 0.2) is 53.5 Å². The van der Waals surface area contributed by atoms with Crippen LogP contribution in [0.3, 0.4) is 0 Å². The van der Waals surface area contributed by atoms with Crippen LogP contribution < -0.4 is 5.32 Å². The van der Waals surface area contributed by atoms with Gasteiger partial charge in [-0.05, 0) is 29.3 Å². The van der Waals surface area contributed by atoms with Gasteiger partial charge in [0.2, 0.25) is 11.9 Å². The summed E-state index contributed by atoms with van der Waals surface area (Å²) in [7, 11) is 0. The van der Waals surface area contributed by atoms with Crippen LogP contribution in [0.25, 0.3) is 0 Å². The van der Waals surface area contributed by atoms with Crippen molar-refractivity contribution >= 4 is 29.2 Å². The van der Waals surface area contributed by atoms with Crippen LogP contribution in [0.1, 0.15) is 11.1 Å². The molecule has 2 heterocycles. The summed E-state index contributed by atoms with van der Waals surface area (Å²) < 4.78 is 0. The third kappa shape index (κ3) is 2.25. The lowest BCUT2D eigenvalue weighted by atomic mass is 9.95. The average molecular weight is 312 g/mol. The molecule has 110 valence electrons. The van der Waals surface area contributed by atoms with E-state index >= 15 is 0 Å². The Labute approximate surface area is 133 Å². The van der Waals surface area contributed by atoms with E-state index in [0.717, 1.165) is 12.1 Å². The summed E-state index contributed by atoms with van der Waals surface area (Å²) >= 11 is 5.99. The monoisotopic (exact) mass is 311 g/mol. The highest BCUT2D eigenvalue weighted by Crippen LogP contribution is 2.27. The number of carbonyl (C=O) groups is 1. The maximum Gasteiger partial charge on any atom is 0.249 e. The first-order valence-electron chi connectivity index (χ1n) is 7.19. The molecule has 2 aromatic rings. The molecule has 22 heavy (non-hydrogen) atoms. The minimum atomic E-state index is -0.173. The molecule has 0 aliphatic carbocycles. The molecular weight excluding hydrogens is 298 g/mol. The summed E-state index contributed by atoms with van der Waals surface area (Å²) in [4.78, 5) is 18.8. The number of halogens is 1. The average Bonchev–Trinajstić information content (AvgIpc) is 2.81. The van der Waals surface area contributed by atoms with Gasteiger partial charge in [-0.3, -0.25) is 10.1 Å². The van der Waals surface area contributed by atoms with Crippen molar-refractivity contribution in [3.05, 3.63) is 64.7 Å². The van der Waals surface area contributed by atoms with Gasteiger partial charge in [0, 0.05) is 18.0 Å². The van der Waals surface area contributed by atoms with Gasteiger partial charge in [-0.15, -0.1) is 0 Å². The normalized spacial score (nSPS) is 21.5. The van der Waals surface area contributed by atoms with Crippen molar-refractivity contribution in [1.29, 1.82) is 0 Å². The van der Waals surface area contributed by atoms with Crippen LogP contribution in [-0.2, 0) is 17.8 Å². The lowest BCUT2D eigenvalue weighted by Gasteiger charge is -2.30. The second kappa shape index (κ2) is 5.14. The number of fused-ring (bicyclic) bond motifs is 2. The molecule has 0 spiro atoms. The topological polar surface area (TPSA) is 44.7 Å². The molecule has 1 saturated heterocycles. The highest BCUT2D eigenvalue weighted by atomic mass is 35.5. The number of hydrogen-bond donors (Lipinski definition) is 1. The van der Waals surface area contributed by atoms with Gasteiger partial charge in [0.25, 0.3) is 0 Å². The van der Waals surface area contributed by atoms with Crippen LogP contribution >= 0.6 is 11.6 Å². The third-order valence-electron chi connectivity index (χ3n) is 4.10. The van der Waals surface area contributed by atoms with E-state index in [1.807, 2.05) is 29.2 Å². The Kier molecular flexibility index (Phi) is 3.12. The fourth-order valence-electron chi connectivity index (χ4n) is 3.01. The maximum atomic E-state index is 12.2. The molecule has 1 N–H and O–H groups in total. The van der Waals surface area contributed by atoms with Gasteiger partial charge < -0.3 is 4.90 Å². The molecule has 1 atom stereocenters. The summed E-state index contributed by atoms with van der Waals surface area (Å²) in [6, 6.07) is 15.4. The Morgan fingerprint density at radius 3 is 2.77 bits per heavy atom. The molecule has 0 saturated carbocycles. The molecule has 0 aromatic heterocycles. The van der Waals surface area contributed by atoms with Gasteiger partial charge in [0.1, 0.15) is 6.04 Å². The Bertz CT molecular complexity index is 787. The molecule has 2 aliphatic rings. The van der Waals surface area contributed by atoms with Gasteiger partial charge >= 0.3 is 0 Å². The quantitative estimate of drug-likeness (QED) is 0.880. The zero-order valence-corrected chi connectivity index (χ0v) is 12.5. The maximum absolute atomic E-state index is 12.2. The van der Waals surface area contributed by atoms with E-state index in [-0.39, 0.29) is 11.9 Å². The molecule has 0 bridgehead atoms. The van der Waals surface area contributed by atoms with Gasteiger partial charge in [-0.25, -0.2) is 4.99 Å². The second-order valence-electron chi connectivity index (χ2n) is 5.52. The predicted octanol–water partition coefficient (Wildman–Crippen LogP) is 2.88. The SMILES string of the molecule is O=C1NC(=Nc2cccc(Cl)c2)N2Cc3ccccc3C[C@H]12. The van der Waals surface area contributed by atoms with Gasteiger partial charge in [-0.1, -0.05) is 41.9 Å². The summed E-state index contributed by atoms with van der Waals surface area (Å²) in [5.41, 5.74) is 3.22. The summed E-state index contributed by atoms with van der Waals surface area (Å²) in [5.74, 6) is 0.613. The van der Waals surface area contributed by atoms with Crippen molar-refractivity contribution in [2.24, 2.45) is 4.99 Å². The minimum absolute atomic E-state index is 0.00952. The lowest BCUT2D eigenvalue weighted by Crippen LogP contribution is -2.40. The molecule has 2 aliphatic heterocycles. The number of hydrogen-bond acceptors (Lipinski definition) is 2. The van der Waals surface area contributed by atoms with E-state index in [0.29, 0.717) is 17.5 Å². The van der Waals surface area contributed by atoms with Crippen molar-refractivity contribution in [3.8, 4) is 0 Å². The number of guanidine groups is 1. The van der Waals surface area contributed by atoms with Gasteiger partial charge in [0.05, 0.1) is 5.69 Å². The summed E-state index contributed by atoms with van der Waals surface area (Å²) in [6.45, 7) is 0.693. The number of carbonyl (C=O) groups excluding carboxylic acids is 1. The summed E-state index contributed by atoms with van der Waals surface area (Å²) in [5, 5.41) is 3.52. The standard InChI is InChI=1S/C17H14ClN3O/c18-13-6-3-7-14(9-13)19-17-20-16(22)15-8-11-4-1-2-5-12(11)10-21(15)17/h1-7,9,15H,8,10H2,(H,19,20,22)/t15-/m1/s1. The van der Waals surface area contributed by atoms with Crippen molar-refractivity contribution in [3.63, 3.8) is 0 Å². The molecule has 1 amide bonds. The number of amides is 1. The van der Waals surface area contributed by atoms with E-state index in [9.17, 15) is 4.79 Å². The predicted molar refractivity (Wildman–Crippen MR) is 86.2 cm³/mol. The van der Waals surface area contributed by atoms with E-state index in [4.69, 9.17) is 11.6 Å². The number of benzene rings is 2. The third-order valence-corrected chi connectivity index (χ3v) is 4.34. The molecule has 1 fully saturated rings. The van der Waals surface area contributed by atoms with Crippen LogP contribution in [-0.4, -0.2) is 22.8 Å². The molecule has 2 aromatic carbocycles. The van der Waals surface area contributed by atoms with E-state index in [2.05, 4.69) is 22.4 Å². The number of rotatable bonds is 1. The number of aliphatic imine (C=N–C) groups is 1. The molecular formula is C17H14ClN3O. The first-order chi connectivity index (χ1) is 10.7. The van der Waals surface area contributed by atoms with Crippen molar-refractivity contribution in [2.45, 2.75) is 19.0 Å². The number of nitrogens with one attached hydrogen (secondary N) is 1. The Morgan fingerprint density at radius 2 is 1.95 bits per heavy atom.